The lowest BCUT2D eigenvalue weighted by Crippen LogP contribution is -2.38. The van der Waals surface area contributed by atoms with E-state index in [0.29, 0.717) is 0 Å². The quantitative estimate of drug-likeness (QED) is 0.771. The molecule has 7 heteroatoms. The number of sulfonamides is 1. The Labute approximate surface area is 148 Å². The molecule has 0 spiro atoms. The van der Waals surface area contributed by atoms with Gasteiger partial charge in [-0.1, -0.05) is 31.5 Å². The third kappa shape index (κ3) is 4.39. The summed E-state index contributed by atoms with van der Waals surface area (Å²) >= 11 is 6.10. The van der Waals surface area contributed by atoms with Crippen molar-refractivity contribution in [3.63, 3.8) is 0 Å². The topological polar surface area (TPSA) is 62.6 Å². The smallest absolute Gasteiger partial charge is 0.242 e. The number of halogens is 1. The first-order chi connectivity index (χ1) is 11.4. The largest absolute Gasteiger partial charge is 0.468 e. The summed E-state index contributed by atoms with van der Waals surface area (Å²) in [5, 5.41) is 0.222. The van der Waals surface area contributed by atoms with Crippen LogP contribution in [0.25, 0.3) is 0 Å². The van der Waals surface area contributed by atoms with Gasteiger partial charge in [-0.2, -0.15) is 0 Å². The molecule has 2 rings (SSSR count). The second-order valence-electron chi connectivity index (χ2n) is 5.54. The van der Waals surface area contributed by atoms with Gasteiger partial charge in [-0.3, -0.25) is 4.90 Å². The lowest BCUT2D eigenvalue weighted by molar-refractivity contribution is 0.194. The molecular formula is C17H23ClN2O3S. The van der Waals surface area contributed by atoms with Crippen LogP contribution in [0.15, 0.2) is 45.9 Å². The van der Waals surface area contributed by atoms with Gasteiger partial charge in [0.05, 0.1) is 17.3 Å². The van der Waals surface area contributed by atoms with Gasteiger partial charge in [0.25, 0.3) is 0 Å². The van der Waals surface area contributed by atoms with Crippen molar-refractivity contribution in [1.29, 1.82) is 0 Å². The molecule has 0 aliphatic heterocycles. The fourth-order valence-corrected chi connectivity index (χ4v) is 4.28. The Kier molecular flexibility index (Phi) is 6.46. The number of nitrogens with one attached hydrogen (secondary N) is 1. The van der Waals surface area contributed by atoms with E-state index < -0.39 is 10.0 Å². The predicted octanol–water partition coefficient (Wildman–Crippen LogP) is 3.60. The fraction of sp³-hybridized carbons (Fsp3) is 0.412. The van der Waals surface area contributed by atoms with E-state index in [1.807, 2.05) is 26.8 Å². The molecule has 1 heterocycles. The van der Waals surface area contributed by atoms with Crippen LogP contribution in [0.1, 0.15) is 31.2 Å². The highest BCUT2D eigenvalue weighted by atomic mass is 35.5. The predicted molar refractivity (Wildman–Crippen MR) is 95.7 cm³/mol. The summed E-state index contributed by atoms with van der Waals surface area (Å²) in [5.41, 5.74) is 0.913. The van der Waals surface area contributed by atoms with Gasteiger partial charge in [-0.25, -0.2) is 13.1 Å². The van der Waals surface area contributed by atoms with Crippen LogP contribution in [-0.4, -0.2) is 33.0 Å². The van der Waals surface area contributed by atoms with Crippen molar-refractivity contribution in [2.24, 2.45) is 0 Å². The molecule has 0 fully saturated rings. The molecule has 0 bridgehead atoms. The summed E-state index contributed by atoms with van der Waals surface area (Å²) in [4.78, 5) is 2.23. The third-order valence-electron chi connectivity index (χ3n) is 3.97. The Bertz CT molecular complexity index is 756. The van der Waals surface area contributed by atoms with E-state index in [1.54, 1.807) is 24.5 Å². The molecule has 1 unspecified atom stereocenters. The molecule has 0 amide bonds. The van der Waals surface area contributed by atoms with Gasteiger partial charge in [0.15, 0.2) is 0 Å². The Morgan fingerprint density at radius 1 is 1.25 bits per heavy atom. The zero-order chi connectivity index (χ0) is 17.7. The third-order valence-corrected chi connectivity index (χ3v) is 5.87. The van der Waals surface area contributed by atoms with Gasteiger partial charge in [0, 0.05) is 6.54 Å². The van der Waals surface area contributed by atoms with Gasteiger partial charge >= 0.3 is 0 Å². The highest BCUT2D eigenvalue weighted by Gasteiger charge is 2.25. The number of furan rings is 1. The summed E-state index contributed by atoms with van der Waals surface area (Å²) in [7, 11) is -3.69. The molecule has 1 atom stereocenters. The van der Waals surface area contributed by atoms with Crippen molar-refractivity contribution >= 4 is 21.6 Å². The second-order valence-corrected chi connectivity index (χ2v) is 7.68. The minimum atomic E-state index is -3.69. The van der Waals surface area contributed by atoms with E-state index in [0.717, 1.165) is 24.4 Å². The van der Waals surface area contributed by atoms with E-state index in [4.69, 9.17) is 16.0 Å². The molecule has 1 aromatic carbocycles. The van der Waals surface area contributed by atoms with Crippen LogP contribution >= 0.6 is 11.6 Å². The molecule has 5 nitrogen and oxygen atoms in total. The molecule has 0 saturated carbocycles. The highest BCUT2D eigenvalue weighted by Crippen LogP contribution is 2.24. The summed E-state index contributed by atoms with van der Waals surface area (Å²) < 4.78 is 33.3. The fourth-order valence-electron chi connectivity index (χ4n) is 2.65. The summed E-state index contributed by atoms with van der Waals surface area (Å²) in [6.45, 7) is 7.71. The summed E-state index contributed by atoms with van der Waals surface area (Å²) in [6.07, 6.45) is 1.59. The SMILES string of the molecule is CCN(CC)C(CNS(=O)(=O)c1ccc(C)cc1Cl)c1ccco1. The van der Waals surface area contributed by atoms with Crippen LogP contribution in [0.4, 0.5) is 0 Å². The zero-order valence-corrected chi connectivity index (χ0v) is 15.7. The Morgan fingerprint density at radius 2 is 1.96 bits per heavy atom. The van der Waals surface area contributed by atoms with E-state index in [9.17, 15) is 8.42 Å². The number of rotatable bonds is 8. The van der Waals surface area contributed by atoms with Crippen molar-refractivity contribution in [3.05, 3.63) is 52.9 Å². The van der Waals surface area contributed by atoms with E-state index >= 15 is 0 Å². The number of nitrogens with zero attached hydrogens (tertiary/aromatic N) is 1. The van der Waals surface area contributed by atoms with Gasteiger partial charge in [0.2, 0.25) is 10.0 Å². The maximum atomic E-state index is 12.6. The number of benzene rings is 1. The van der Waals surface area contributed by atoms with Gasteiger partial charge in [0.1, 0.15) is 10.7 Å². The molecule has 132 valence electrons. The molecule has 0 aliphatic rings. The minimum Gasteiger partial charge on any atom is -0.468 e. The average Bonchev–Trinajstić information content (AvgIpc) is 3.05. The van der Waals surface area contributed by atoms with Crippen molar-refractivity contribution < 1.29 is 12.8 Å². The van der Waals surface area contributed by atoms with Crippen LogP contribution in [0.2, 0.25) is 5.02 Å². The Morgan fingerprint density at radius 3 is 2.50 bits per heavy atom. The summed E-state index contributed by atoms with van der Waals surface area (Å²) in [5.74, 6) is 0.733. The van der Waals surface area contributed by atoms with E-state index in [2.05, 4.69) is 9.62 Å². The van der Waals surface area contributed by atoms with Crippen LogP contribution in [0, 0.1) is 6.92 Å². The van der Waals surface area contributed by atoms with Crippen LogP contribution in [-0.2, 0) is 10.0 Å². The number of hydrogen-bond acceptors (Lipinski definition) is 4. The molecule has 0 radical (unpaired) electrons. The zero-order valence-electron chi connectivity index (χ0n) is 14.1. The first-order valence-corrected chi connectivity index (χ1v) is 9.78. The maximum Gasteiger partial charge on any atom is 0.242 e. The first kappa shape index (κ1) is 19.0. The number of hydrogen-bond donors (Lipinski definition) is 1. The maximum absolute atomic E-state index is 12.6. The van der Waals surface area contributed by atoms with E-state index in [1.165, 1.54) is 6.07 Å². The molecule has 2 aromatic rings. The van der Waals surface area contributed by atoms with Gasteiger partial charge in [-0.15, -0.1) is 0 Å². The van der Waals surface area contributed by atoms with Crippen LogP contribution < -0.4 is 4.72 Å². The van der Waals surface area contributed by atoms with Crippen molar-refractivity contribution in [2.45, 2.75) is 31.7 Å². The molecule has 24 heavy (non-hydrogen) atoms. The highest BCUT2D eigenvalue weighted by molar-refractivity contribution is 7.89. The number of likely N-dealkylation sites (N-methyl/N-ethyl adjacent to an activating group) is 1. The van der Waals surface area contributed by atoms with E-state index in [-0.39, 0.29) is 22.5 Å². The average molecular weight is 371 g/mol. The molecule has 1 aromatic heterocycles. The van der Waals surface area contributed by atoms with Crippen LogP contribution in [0.3, 0.4) is 0 Å². The summed E-state index contributed by atoms with van der Waals surface area (Å²) in [6, 6.07) is 8.39. The monoisotopic (exact) mass is 370 g/mol. The van der Waals surface area contributed by atoms with Crippen molar-refractivity contribution in [2.75, 3.05) is 19.6 Å². The van der Waals surface area contributed by atoms with Crippen LogP contribution in [0.5, 0.6) is 0 Å². The molecular weight excluding hydrogens is 348 g/mol. The second kappa shape index (κ2) is 8.16. The normalized spacial score (nSPS) is 13.4. The Hall–Kier alpha value is -1.34. The van der Waals surface area contributed by atoms with Crippen molar-refractivity contribution in [1.82, 2.24) is 9.62 Å². The lowest BCUT2D eigenvalue weighted by atomic mass is 10.2. The first-order valence-electron chi connectivity index (χ1n) is 7.92. The minimum absolute atomic E-state index is 0.0903. The lowest BCUT2D eigenvalue weighted by Gasteiger charge is -2.28. The van der Waals surface area contributed by atoms with Gasteiger partial charge in [-0.05, 0) is 49.8 Å². The Balaban J connectivity index is 2.21. The molecule has 0 aliphatic carbocycles. The van der Waals surface area contributed by atoms with Gasteiger partial charge < -0.3 is 4.42 Å². The molecule has 1 N–H and O–H groups in total. The standard InChI is InChI=1S/C17H23ClN2O3S/c1-4-20(5-2)15(16-7-6-10-23-16)12-19-24(21,22)17-9-8-13(3)11-14(17)18/h6-11,15,19H,4-5,12H2,1-3H3. The van der Waals surface area contributed by atoms with Crippen molar-refractivity contribution in [3.8, 4) is 0 Å². The molecule has 0 saturated heterocycles. The number of aryl methyl sites for hydroxylation is 1.